The van der Waals surface area contributed by atoms with Crippen LogP contribution >= 0.6 is 0 Å². The minimum atomic E-state index is -3.74. The Labute approximate surface area is 149 Å². The van der Waals surface area contributed by atoms with Crippen molar-refractivity contribution < 1.29 is 30.0 Å². The van der Waals surface area contributed by atoms with Crippen molar-refractivity contribution in [1.82, 2.24) is 0 Å². The van der Waals surface area contributed by atoms with Crippen LogP contribution in [0.25, 0.3) is 0 Å². The van der Waals surface area contributed by atoms with Gasteiger partial charge < -0.3 is 0 Å². The predicted octanol–water partition coefficient (Wildman–Crippen LogP) is 5.74. The van der Waals surface area contributed by atoms with Crippen molar-refractivity contribution in [3.05, 3.63) is 0 Å². The SMILES string of the molecule is CCCCCCCCCCCCCCCCCS(=O)(=O)O.[Fe]. The molecule has 1 N–H and O–H groups in total. The summed E-state index contributed by atoms with van der Waals surface area (Å²) in [6, 6.07) is 0. The topological polar surface area (TPSA) is 54.4 Å². The van der Waals surface area contributed by atoms with Gasteiger partial charge in [-0.15, -0.1) is 0 Å². The van der Waals surface area contributed by atoms with Crippen LogP contribution in [0.4, 0.5) is 0 Å². The van der Waals surface area contributed by atoms with Gasteiger partial charge in [0.1, 0.15) is 0 Å². The third kappa shape index (κ3) is 22.7. The van der Waals surface area contributed by atoms with E-state index in [0.29, 0.717) is 6.42 Å². The van der Waals surface area contributed by atoms with Gasteiger partial charge in [-0.1, -0.05) is 96.8 Å². The van der Waals surface area contributed by atoms with Gasteiger partial charge in [-0.2, -0.15) is 8.42 Å². The molecule has 0 bridgehead atoms. The molecule has 0 radical (unpaired) electrons. The van der Waals surface area contributed by atoms with Crippen LogP contribution in [0.3, 0.4) is 0 Å². The Hall–Kier alpha value is 0.429. The Bertz CT molecular complexity index is 305. The summed E-state index contributed by atoms with van der Waals surface area (Å²) in [5.41, 5.74) is 0. The first-order valence-corrected chi connectivity index (χ1v) is 10.6. The maximum atomic E-state index is 10.5. The Morgan fingerprint density at radius 1 is 0.591 bits per heavy atom. The third-order valence-corrected chi connectivity index (χ3v) is 4.81. The zero-order valence-corrected chi connectivity index (χ0v) is 16.3. The largest absolute Gasteiger partial charge is 0.286 e. The third-order valence-electron chi connectivity index (χ3n) is 4.01. The fraction of sp³-hybridized carbons (Fsp3) is 1.00. The number of unbranched alkanes of at least 4 members (excludes halogenated alkanes) is 14. The molecule has 0 heterocycles. The molecule has 0 aromatic heterocycles. The van der Waals surface area contributed by atoms with Crippen LogP contribution < -0.4 is 0 Å². The molecule has 0 saturated heterocycles. The van der Waals surface area contributed by atoms with E-state index in [1.54, 1.807) is 0 Å². The van der Waals surface area contributed by atoms with Gasteiger partial charge in [0.25, 0.3) is 10.1 Å². The maximum absolute atomic E-state index is 10.5. The van der Waals surface area contributed by atoms with Crippen LogP contribution in [0, 0.1) is 0 Å². The predicted molar refractivity (Wildman–Crippen MR) is 91.3 cm³/mol. The average Bonchev–Trinajstić information content (AvgIpc) is 2.42. The van der Waals surface area contributed by atoms with Gasteiger partial charge in [0, 0.05) is 17.1 Å². The molecule has 0 unspecified atom stereocenters. The first-order valence-electron chi connectivity index (χ1n) is 9.01. The minimum Gasteiger partial charge on any atom is -0.286 e. The monoisotopic (exact) mass is 376 g/mol. The van der Waals surface area contributed by atoms with Gasteiger partial charge in [-0.3, -0.25) is 4.55 Å². The van der Waals surface area contributed by atoms with E-state index in [4.69, 9.17) is 4.55 Å². The molecule has 0 rings (SSSR count). The summed E-state index contributed by atoms with van der Waals surface area (Å²) in [4.78, 5) is 0. The summed E-state index contributed by atoms with van der Waals surface area (Å²) in [5, 5.41) is 0. The molecule has 0 aliphatic carbocycles. The maximum Gasteiger partial charge on any atom is 0.264 e. The van der Waals surface area contributed by atoms with E-state index in [-0.39, 0.29) is 22.8 Å². The summed E-state index contributed by atoms with van der Waals surface area (Å²) < 4.78 is 29.6. The summed E-state index contributed by atoms with van der Waals surface area (Å²) in [5.74, 6) is -0.0781. The van der Waals surface area contributed by atoms with Gasteiger partial charge in [0.15, 0.2) is 0 Å². The van der Waals surface area contributed by atoms with Gasteiger partial charge >= 0.3 is 0 Å². The van der Waals surface area contributed by atoms with E-state index in [0.717, 1.165) is 12.8 Å². The van der Waals surface area contributed by atoms with E-state index in [1.807, 2.05) is 0 Å². The molecule has 22 heavy (non-hydrogen) atoms. The number of hydrogen-bond acceptors (Lipinski definition) is 2. The number of rotatable bonds is 16. The van der Waals surface area contributed by atoms with Crippen LogP contribution in [0.1, 0.15) is 103 Å². The standard InChI is InChI=1S/C17H36O3S.Fe/c1-2-3-4-5-6-7-8-9-10-11-12-13-14-15-16-17-21(18,19)20;/h2-17H2,1H3,(H,18,19,20);. The van der Waals surface area contributed by atoms with Crippen LogP contribution in [0.15, 0.2) is 0 Å². The Morgan fingerprint density at radius 2 is 0.864 bits per heavy atom. The van der Waals surface area contributed by atoms with E-state index in [1.165, 1.54) is 77.0 Å². The van der Waals surface area contributed by atoms with Crippen molar-refractivity contribution in [2.75, 3.05) is 5.75 Å². The fourth-order valence-electron chi connectivity index (χ4n) is 2.66. The normalized spacial score (nSPS) is 11.4. The molecule has 3 nitrogen and oxygen atoms in total. The van der Waals surface area contributed by atoms with Crippen LogP contribution in [0.2, 0.25) is 0 Å². The van der Waals surface area contributed by atoms with Crippen molar-refractivity contribution >= 4 is 10.1 Å². The average molecular weight is 376 g/mol. The van der Waals surface area contributed by atoms with Crippen molar-refractivity contribution in [2.45, 2.75) is 103 Å². The second kappa shape index (κ2) is 17.8. The summed E-state index contributed by atoms with van der Waals surface area (Å²) in [6.07, 6.45) is 18.8. The van der Waals surface area contributed by atoms with Crippen molar-refractivity contribution in [2.24, 2.45) is 0 Å². The fourth-order valence-corrected chi connectivity index (χ4v) is 3.22. The minimum absolute atomic E-state index is 0. The molecule has 0 aliphatic rings. The van der Waals surface area contributed by atoms with E-state index in [9.17, 15) is 8.42 Å². The summed E-state index contributed by atoms with van der Waals surface area (Å²) in [6.45, 7) is 2.26. The molecule has 5 heteroatoms. The van der Waals surface area contributed by atoms with Gasteiger partial charge in [0.2, 0.25) is 0 Å². The second-order valence-electron chi connectivity index (χ2n) is 6.24. The molecule has 0 aromatic rings. The molecule has 0 amide bonds. The molecule has 136 valence electrons. The quantitative estimate of drug-likeness (QED) is 0.212. The zero-order chi connectivity index (χ0) is 15.8. The smallest absolute Gasteiger partial charge is 0.264 e. The molecular formula is C17H36FeO3S. The van der Waals surface area contributed by atoms with E-state index >= 15 is 0 Å². The van der Waals surface area contributed by atoms with Crippen molar-refractivity contribution in [3.63, 3.8) is 0 Å². The molecule has 0 fully saturated rings. The summed E-state index contributed by atoms with van der Waals surface area (Å²) in [7, 11) is -3.74. The van der Waals surface area contributed by atoms with Crippen molar-refractivity contribution in [3.8, 4) is 0 Å². The molecular weight excluding hydrogens is 340 g/mol. The Morgan fingerprint density at radius 3 is 1.14 bits per heavy atom. The van der Waals surface area contributed by atoms with Gasteiger partial charge in [-0.25, -0.2) is 0 Å². The second-order valence-corrected chi connectivity index (χ2v) is 7.81. The van der Waals surface area contributed by atoms with Gasteiger partial charge in [-0.05, 0) is 6.42 Å². The van der Waals surface area contributed by atoms with Crippen LogP contribution in [-0.2, 0) is 27.2 Å². The Kier molecular flexibility index (Phi) is 19.9. The van der Waals surface area contributed by atoms with E-state index < -0.39 is 10.1 Å². The van der Waals surface area contributed by atoms with Crippen LogP contribution in [0.5, 0.6) is 0 Å². The van der Waals surface area contributed by atoms with Crippen molar-refractivity contribution in [1.29, 1.82) is 0 Å². The molecule has 0 aromatic carbocycles. The zero-order valence-electron chi connectivity index (χ0n) is 14.3. The summed E-state index contributed by atoms with van der Waals surface area (Å²) >= 11 is 0. The first kappa shape index (κ1) is 24.7. The molecule has 0 aliphatic heterocycles. The van der Waals surface area contributed by atoms with E-state index in [2.05, 4.69) is 6.92 Å². The van der Waals surface area contributed by atoms with Gasteiger partial charge in [0.05, 0.1) is 5.75 Å². The molecule has 0 saturated carbocycles. The first-order chi connectivity index (χ1) is 10.1. The molecule has 0 spiro atoms. The Balaban J connectivity index is 0. The van der Waals surface area contributed by atoms with Crippen LogP contribution in [-0.4, -0.2) is 18.7 Å². The number of hydrogen-bond donors (Lipinski definition) is 1. The molecule has 0 atom stereocenters.